The zero-order valence-electron chi connectivity index (χ0n) is 15.4. The average molecular weight is 442 g/mol. The molecule has 0 bridgehead atoms. The van der Waals surface area contributed by atoms with Gasteiger partial charge in [-0.05, 0) is 37.1 Å². The number of nitrogens with zero attached hydrogens (tertiary/aromatic N) is 2. The lowest BCUT2D eigenvalue weighted by Crippen LogP contribution is -2.37. The van der Waals surface area contributed by atoms with Crippen LogP contribution in [-0.2, 0) is 10.9 Å². The molecule has 1 aliphatic heterocycles. The molecule has 4 nitrogen and oxygen atoms in total. The van der Waals surface area contributed by atoms with Gasteiger partial charge in [0.2, 0.25) is 0 Å². The first-order valence-electron chi connectivity index (χ1n) is 9.08. The molecule has 2 aromatic carbocycles. The van der Waals surface area contributed by atoms with Crippen LogP contribution in [0.1, 0.15) is 28.8 Å². The molecule has 0 radical (unpaired) electrons. The van der Waals surface area contributed by atoms with E-state index in [4.69, 9.17) is 4.74 Å². The van der Waals surface area contributed by atoms with Gasteiger partial charge in [0.15, 0.2) is 10.9 Å². The number of benzene rings is 2. The van der Waals surface area contributed by atoms with Gasteiger partial charge in [0.25, 0.3) is 5.91 Å². The summed E-state index contributed by atoms with van der Waals surface area (Å²) < 4.78 is 72.6. The van der Waals surface area contributed by atoms with Crippen LogP contribution in [0.4, 0.5) is 27.1 Å². The summed E-state index contributed by atoms with van der Waals surface area (Å²) in [6, 6.07) is 5.83. The van der Waals surface area contributed by atoms with Crippen LogP contribution >= 0.6 is 11.3 Å². The van der Waals surface area contributed by atoms with Gasteiger partial charge in [0, 0.05) is 18.2 Å². The summed E-state index contributed by atoms with van der Waals surface area (Å²) in [5, 5.41) is 0.0624. The highest BCUT2D eigenvalue weighted by atomic mass is 32.1. The normalized spacial score (nSPS) is 16.9. The minimum Gasteiger partial charge on any atom is -0.376 e. The molecule has 1 fully saturated rings. The van der Waals surface area contributed by atoms with E-state index in [1.54, 1.807) is 0 Å². The van der Waals surface area contributed by atoms with Crippen molar-refractivity contribution >= 4 is 32.6 Å². The zero-order chi connectivity index (χ0) is 21.5. The van der Waals surface area contributed by atoms with Crippen molar-refractivity contribution in [1.29, 1.82) is 0 Å². The second kappa shape index (κ2) is 7.92. The molecule has 1 aliphatic rings. The summed E-state index contributed by atoms with van der Waals surface area (Å²) in [7, 11) is 0. The zero-order valence-corrected chi connectivity index (χ0v) is 16.2. The number of alkyl halides is 3. The lowest BCUT2D eigenvalue weighted by molar-refractivity contribution is -0.137. The third-order valence-electron chi connectivity index (χ3n) is 4.73. The van der Waals surface area contributed by atoms with Crippen molar-refractivity contribution in [2.45, 2.75) is 25.1 Å². The predicted molar refractivity (Wildman–Crippen MR) is 102 cm³/mol. The second-order valence-electron chi connectivity index (χ2n) is 6.86. The Balaban J connectivity index is 1.75. The van der Waals surface area contributed by atoms with E-state index in [-0.39, 0.29) is 33.6 Å². The minimum absolute atomic E-state index is 0.0407. The van der Waals surface area contributed by atoms with Crippen LogP contribution in [-0.4, -0.2) is 30.1 Å². The summed E-state index contributed by atoms with van der Waals surface area (Å²) in [5.41, 5.74) is -1.25. The molecular weight excluding hydrogens is 427 g/mol. The maximum absolute atomic E-state index is 14.1. The highest BCUT2D eigenvalue weighted by Crippen LogP contribution is 2.34. The molecule has 2 heterocycles. The summed E-state index contributed by atoms with van der Waals surface area (Å²) in [5.74, 6) is -2.39. The number of halogens is 5. The average Bonchev–Trinajstić information content (AvgIpc) is 3.34. The van der Waals surface area contributed by atoms with Gasteiger partial charge >= 0.3 is 6.18 Å². The van der Waals surface area contributed by atoms with Crippen molar-refractivity contribution < 1.29 is 31.5 Å². The molecule has 30 heavy (non-hydrogen) atoms. The van der Waals surface area contributed by atoms with Crippen LogP contribution in [0, 0.1) is 11.6 Å². The third kappa shape index (κ3) is 4.15. The van der Waals surface area contributed by atoms with Gasteiger partial charge in [-0.2, -0.15) is 13.2 Å². The maximum Gasteiger partial charge on any atom is 0.416 e. The van der Waals surface area contributed by atoms with Gasteiger partial charge in [-0.3, -0.25) is 9.69 Å². The highest BCUT2D eigenvalue weighted by Gasteiger charge is 2.32. The molecule has 158 valence electrons. The molecular formula is C20H15F5N2O2S. The van der Waals surface area contributed by atoms with Crippen LogP contribution in [0.15, 0.2) is 36.4 Å². The number of anilines is 1. The number of hydrogen-bond acceptors (Lipinski definition) is 4. The van der Waals surface area contributed by atoms with E-state index in [1.165, 1.54) is 11.0 Å². The molecule has 0 saturated carbocycles. The molecule has 1 aromatic heterocycles. The van der Waals surface area contributed by atoms with Crippen molar-refractivity contribution in [3.63, 3.8) is 0 Å². The first-order chi connectivity index (χ1) is 14.2. The molecule has 1 unspecified atom stereocenters. The Kier molecular flexibility index (Phi) is 5.46. The van der Waals surface area contributed by atoms with E-state index in [9.17, 15) is 26.7 Å². The molecule has 4 rings (SSSR count). The minimum atomic E-state index is -4.60. The van der Waals surface area contributed by atoms with Crippen molar-refractivity contribution in [2.75, 3.05) is 18.1 Å². The van der Waals surface area contributed by atoms with E-state index >= 15 is 0 Å². The number of carbonyl (C=O) groups excluding carboxylic acids is 1. The number of thiazole rings is 1. The lowest BCUT2D eigenvalue weighted by atomic mass is 10.1. The predicted octanol–water partition coefficient (Wildman–Crippen LogP) is 5.42. The molecule has 0 aliphatic carbocycles. The number of carbonyl (C=O) groups is 1. The van der Waals surface area contributed by atoms with E-state index < -0.39 is 29.3 Å². The van der Waals surface area contributed by atoms with Crippen molar-refractivity contribution in [3.8, 4) is 0 Å². The molecule has 0 N–H and O–H groups in total. The molecule has 10 heteroatoms. The lowest BCUT2D eigenvalue weighted by Gasteiger charge is -2.23. The molecule has 0 spiro atoms. The monoisotopic (exact) mass is 442 g/mol. The van der Waals surface area contributed by atoms with Crippen LogP contribution in [0.3, 0.4) is 0 Å². The Morgan fingerprint density at radius 2 is 2.03 bits per heavy atom. The second-order valence-corrected chi connectivity index (χ2v) is 7.87. The van der Waals surface area contributed by atoms with Crippen LogP contribution in [0.25, 0.3) is 10.2 Å². The first-order valence-corrected chi connectivity index (χ1v) is 9.90. The molecule has 1 atom stereocenters. The van der Waals surface area contributed by atoms with Gasteiger partial charge in [-0.15, -0.1) is 0 Å². The van der Waals surface area contributed by atoms with Crippen LogP contribution in [0.2, 0.25) is 0 Å². The summed E-state index contributed by atoms with van der Waals surface area (Å²) >= 11 is 0.886. The first kappa shape index (κ1) is 20.7. The van der Waals surface area contributed by atoms with Gasteiger partial charge in [0.1, 0.15) is 11.3 Å². The summed E-state index contributed by atoms with van der Waals surface area (Å²) in [6.07, 6.45) is -3.48. The summed E-state index contributed by atoms with van der Waals surface area (Å²) in [6.45, 7) is 0.551. The van der Waals surface area contributed by atoms with Gasteiger partial charge in [-0.1, -0.05) is 17.4 Å². The molecule has 1 amide bonds. The Hall–Kier alpha value is -2.59. The quantitative estimate of drug-likeness (QED) is 0.507. The number of hydrogen-bond donors (Lipinski definition) is 0. The largest absolute Gasteiger partial charge is 0.416 e. The topological polar surface area (TPSA) is 42.4 Å². The fraction of sp³-hybridized carbons (Fsp3) is 0.300. The summed E-state index contributed by atoms with van der Waals surface area (Å²) in [4.78, 5) is 18.4. The Labute approximate surface area is 171 Å². The fourth-order valence-electron chi connectivity index (χ4n) is 3.29. The number of fused-ring (bicyclic) bond motifs is 1. The van der Waals surface area contributed by atoms with Gasteiger partial charge < -0.3 is 4.74 Å². The van der Waals surface area contributed by atoms with Crippen molar-refractivity contribution in [2.24, 2.45) is 0 Å². The van der Waals surface area contributed by atoms with Gasteiger partial charge in [-0.25, -0.2) is 13.8 Å². The van der Waals surface area contributed by atoms with Crippen molar-refractivity contribution in [1.82, 2.24) is 4.98 Å². The third-order valence-corrected chi connectivity index (χ3v) is 5.75. The SMILES string of the molecule is O=C(c1cccc(C(F)(F)F)c1)N(CC1CCCO1)c1nc2c(F)cc(F)cc2s1. The smallest absolute Gasteiger partial charge is 0.376 e. The van der Waals surface area contributed by atoms with E-state index in [2.05, 4.69) is 4.98 Å². The van der Waals surface area contributed by atoms with E-state index in [0.717, 1.165) is 42.0 Å². The Morgan fingerprint density at radius 3 is 2.73 bits per heavy atom. The number of rotatable bonds is 4. The van der Waals surface area contributed by atoms with Crippen LogP contribution < -0.4 is 4.90 Å². The molecule has 1 saturated heterocycles. The fourth-order valence-corrected chi connectivity index (χ4v) is 4.30. The van der Waals surface area contributed by atoms with E-state index in [0.29, 0.717) is 19.1 Å². The van der Waals surface area contributed by atoms with E-state index in [1.807, 2.05) is 0 Å². The van der Waals surface area contributed by atoms with Gasteiger partial charge in [0.05, 0.1) is 22.9 Å². The maximum atomic E-state index is 14.1. The Morgan fingerprint density at radius 1 is 1.23 bits per heavy atom. The van der Waals surface area contributed by atoms with Crippen LogP contribution in [0.5, 0.6) is 0 Å². The molecule has 3 aromatic rings. The number of amides is 1. The highest BCUT2D eigenvalue weighted by molar-refractivity contribution is 7.22. The standard InChI is InChI=1S/C20H15F5N2O2S/c21-13-8-15(22)17-16(9-13)30-19(26-17)27(10-14-5-2-6-29-14)18(28)11-3-1-4-12(7-11)20(23,24)25/h1,3-4,7-9,14H,2,5-6,10H2. The number of aromatic nitrogens is 1. The Bertz CT molecular complexity index is 1090. The number of ether oxygens (including phenoxy) is 1. The van der Waals surface area contributed by atoms with Crippen molar-refractivity contribution in [3.05, 3.63) is 59.2 Å².